The number of carbonyl (C=O) groups is 2. The monoisotopic (exact) mass is 361 g/mol. The minimum absolute atomic E-state index is 0.00366. The van der Waals surface area contributed by atoms with Gasteiger partial charge in [-0.25, -0.2) is 9.78 Å². The van der Waals surface area contributed by atoms with Gasteiger partial charge in [0.15, 0.2) is 0 Å². The van der Waals surface area contributed by atoms with Crippen molar-refractivity contribution in [3.05, 3.63) is 23.7 Å². The first-order valence-electron chi connectivity index (χ1n) is 8.37. The summed E-state index contributed by atoms with van der Waals surface area (Å²) in [6.07, 6.45) is 1.15. The molecule has 1 unspecified atom stereocenters. The molecule has 1 saturated heterocycles. The lowest BCUT2D eigenvalue weighted by atomic mass is 9.81. The quantitative estimate of drug-likeness (QED) is 0.872. The summed E-state index contributed by atoms with van der Waals surface area (Å²) in [7, 11) is 0. The van der Waals surface area contributed by atoms with Gasteiger partial charge in [-0.05, 0) is 31.4 Å². The van der Waals surface area contributed by atoms with Crippen molar-refractivity contribution < 1.29 is 19.4 Å². The lowest BCUT2D eigenvalue weighted by Gasteiger charge is -2.35. The summed E-state index contributed by atoms with van der Waals surface area (Å²) in [4.78, 5) is 28.9. The van der Waals surface area contributed by atoms with Crippen LogP contribution in [0.2, 0.25) is 0 Å². The van der Waals surface area contributed by atoms with Gasteiger partial charge >= 0.3 is 6.09 Å². The van der Waals surface area contributed by atoms with E-state index in [0.717, 1.165) is 16.0 Å². The third-order valence-corrected chi connectivity index (χ3v) is 5.68. The third kappa shape index (κ3) is 3.26. The molecule has 1 aromatic heterocycles. The lowest BCUT2D eigenvalue weighted by Crippen LogP contribution is -2.47. The number of nitrogens with one attached hydrogen (secondary N) is 1. The molecule has 2 aliphatic rings. The molecule has 2 amide bonds. The Bertz CT molecular complexity index is 802. The van der Waals surface area contributed by atoms with Crippen LogP contribution in [-0.2, 0) is 4.79 Å². The summed E-state index contributed by atoms with van der Waals surface area (Å²) in [5, 5.41) is 11.9. The Labute approximate surface area is 148 Å². The summed E-state index contributed by atoms with van der Waals surface area (Å²) in [6, 6.07) is 5.80. The van der Waals surface area contributed by atoms with Gasteiger partial charge < -0.3 is 20.1 Å². The number of benzene rings is 1. The van der Waals surface area contributed by atoms with Gasteiger partial charge in [0, 0.05) is 25.0 Å². The first kappa shape index (κ1) is 16.1. The first-order chi connectivity index (χ1) is 12.1. The standard InChI is InChI=1S/C17H19N3O4S/c21-16(19-11-4-5-20(8-11)17(22)23)10-6-12(7-10)24-13-2-1-3-14-15(13)18-9-25-14/h1-3,9-12H,4-8H2,(H,19,21)(H,22,23). The summed E-state index contributed by atoms with van der Waals surface area (Å²) in [5.74, 6) is 0.720. The molecule has 2 N–H and O–H groups in total. The minimum atomic E-state index is -0.926. The Morgan fingerprint density at radius 1 is 1.36 bits per heavy atom. The molecule has 2 heterocycles. The highest BCUT2D eigenvalue weighted by molar-refractivity contribution is 7.16. The van der Waals surface area contributed by atoms with Crippen molar-refractivity contribution in [3.8, 4) is 5.75 Å². The van der Waals surface area contributed by atoms with Crippen molar-refractivity contribution in [1.29, 1.82) is 0 Å². The van der Waals surface area contributed by atoms with E-state index in [1.807, 2.05) is 18.2 Å². The zero-order valence-corrected chi connectivity index (χ0v) is 14.4. The first-order valence-corrected chi connectivity index (χ1v) is 9.25. The molecule has 132 valence electrons. The molecule has 8 heteroatoms. The van der Waals surface area contributed by atoms with Crippen LogP contribution in [0, 0.1) is 5.92 Å². The smallest absolute Gasteiger partial charge is 0.407 e. The number of nitrogens with zero attached hydrogens (tertiary/aromatic N) is 2. The highest BCUT2D eigenvalue weighted by atomic mass is 32.1. The summed E-state index contributed by atoms with van der Waals surface area (Å²) in [6.45, 7) is 0.855. The van der Waals surface area contributed by atoms with Gasteiger partial charge in [0.1, 0.15) is 17.4 Å². The number of aromatic nitrogens is 1. The second-order valence-electron chi connectivity index (χ2n) is 6.59. The molecule has 0 bridgehead atoms. The molecule has 0 spiro atoms. The Balaban J connectivity index is 1.27. The maximum atomic E-state index is 12.3. The van der Waals surface area contributed by atoms with Crippen molar-refractivity contribution in [1.82, 2.24) is 15.2 Å². The lowest BCUT2D eigenvalue weighted by molar-refractivity contribution is -0.131. The van der Waals surface area contributed by atoms with E-state index in [1.54, 1.807) is 16.8 Å². The van der Waals surface area contributed by atoms with E-state index in [-0.39, 0.29) is 24.0 Å². The fourth-order valence-corrected chi connectivity index (χ4v) is 4.08. The normalized spacial score (nSPS) is 25.6. The highest BCUT2D eigenvalue weighted by Crippen LogP contribution is 2.35. The minimum Gasteiger partial charge on any atom is -0.488 e. The van der Waals surface area contributed by atoms with Crippen molar-refractivity contribution in [2.45, 2.75) is 31.4 Å². The third-order valence-electron chi connectivity index (χ3n) is 4.89. The number of hydrogen-bond donors (Lipinski definition) is 2. The molecule has 1 aromatic carbocycles. The van der Waals surface area contributed by atoms with Crippen LogP contribution in [0.1, 0.15) is 19.3 Å². The van der Waals surface area contributed by atoms with E-state index in [9.17, 15) is 9.59 Å². The Hall–Kier alpha value is -2.35. The maximum Gasteiger partial charge on any atom is 0.407 e. The second kappa shape index (κ2) is 6.51. The van der Waals surface area contributed by atoms with E-state index < -0.39 is 6.09 Å². The second-order valence-corrected chi connectivity index (χ2v) is 7.47. The molecule has 2 fully saturated rings. The van der Waals surface area contributed by atoms with Crippen molar-refractivity contribution in [2.24, 2.45) is 5.92 Å². The molecule has 1 atom stereocenters. The summed E-state index contributed by atoms with van der Waals surface area (Å²) in [5.41, 5.74) is 2.68. The topological polar surface area (TPSA) is 91.8 Å². The average molecular weight is 361 g/mol. The number of likely N-dealkylation sites (tertiary alicyclic amines) is 1. The number of carboxylic acid groups (broad SMARTS) is 1. The van der Waals surface area contributed by atoms with Crippen LogP contribution < -0.4 is 10.1 Å². The Morgan fingerprint density at radius 2 is 2.20 bits per heavy atom. The molecule has 1 aliphatic carbocycles. The molecule has 0 radical (unpaired) electrons. The predicted molar refractivity (Wildman–Crippen MR) is 92.9 cm³/mol. The summed E-state index contributed by atoms with van der Waals surface area (Å²) >= 11 is 1.58. The van der Waals surface area contributed by atoms with Crippen LogP contribution in [0.5, 0.6) is 5.75 Å². The fraction of sp³-hybridized carbons (Fsp3) is 0.471. The molecule has 2 aromatic rings. The van der Waals surface area contributed by atoms with Crippen molar-refractivity contribution >= 4 is 33.6 Å². The van der Waals surface area contributed by atoms with Crippen LogP contribution in [0.15, 0.2) is 23.7 Å². The molecule has 1 aliphatic heterocycles. The number of rotatable bonds is 4. The highest BCUT2D eigenvalue weighted by Gasteiger charge is 2.38. The number of thiazole rings is 1. The van der Waals surface area contributed by atoms with E-state index in [1.165, 1.54) is 4.90 Å². The zero-order valence-electron chi connectivity index (χ0n) is 13.6. The van der Waals surface area contributed by atoms with Gasteiger partial charge in [-0.3, -0.25) is 4.79 Å². The number of para-hydroxylation sites is 1. The SMILES string of the molecule is O=C(NC1CCN(C(=O)O)C1)C1CC(Oc2cccc3scnc23)C1. The van der Waals surface area contributed by atoms with Crippen LogP contribution in [0.3, 0.4) is 0 Å². The van der Waals surface area contributed by atoms with Crippen LogP contribution >= 0.6 is 11.3 Å². The van der Waals surface area contributed by atoms with E-state index >= 15 is 0 Å². The van der Waals surface area contributed by atoms with Crippen molar-refractivity contribution in [2.75, 3.05) is 13.1 Å². The zero-order chi connectivity index (χ0) is 17.4. The van der Waals surface area contributed by atoms with Crippen molar-refractivity contribution in [3.63, 3.8) is 0 Å². The van der Waals surface area contributed by atoms with Gasteiger partial charge in [0.05, 0.1) is 10.2 Å². The average Bonchev–Trinajstić information content (AvgIpc) is 3.19. The Kier molecular flexibility index (Phi) is 4.20. The maximum absolute atomic E-state index is 12.3. The molecule has 25 heavy (non-hydrogen) atoms. The van der Waals surface area contributed by atoms with Crippen LogP contribution in [-0.4, -0.2) is 52.2 Å². The largest absolute Gasteiger partial charge is 0.488 e. The molecule has 1 saturated carbocycles. The van der Waals surface area contributed by atoms with E-state index in [2.05, 4.69) is 10.3 Å². The number of amides is 2. The van der Waals surface area contributed by atoms with Gasteiger partial charge in [0.25, 0.3) is 0 Å². The van der Waals surface area contributed by atoms with Crippen LogP contribution in [0.25, 0.3) is 10.2 Å². The predicted octanol–water partition coefficient (Wildman–Crippen LogP) is 2.32. The van der Waals surface area contributed by atoms with Gasteiger partial charge in [-0.1, -0.05) is 6.07 Å². The molecule has 7 nitrogen and oxygen atoms in total. The number of hydrogen-bond acceptors (Lipinski definition) is 5. The molecule has 4 rings (SSSR count). The fourth-order valence-electron chi connectivity index (χ4n) is 3.38. The Morgan fingerprint density at radius 3 is 2.96 bits per heavy atom. The van der Waals surface area contributed by atoms with Crippen LogP contribution in [0.4, 0.5) is 4.79 Å². The number of ether oxygens (including phenoxy) is 1. The van der Waals surface area contributed by atoms with Gasteiger partial charge in [-0.2, -0.15) is 0 Å². The van der Waals surface area contributed by atoms with E-state index in [4.69, 9.17) is 9.84 Å². The van der Waals surface area contributed by atoms with E-state index in [0.29, 0.717) is 32.4 Å². The molecular formula is C17H19N3O4S. The number of carbonyl (C=O) groups excluding carboxylic acids is 1. The van der Waals surface area contributed by atoms with Gasteiger partial charge in [-0.15, -0.1) is 11.3 Å². The number of fused-ring (bicyclic) bond motifs is 1. The summed E-state index contributed by atoms with van der Waals surface area (Å²) < 4.78 is 7.09. The van der Waals surface area contributed by atoms with Gasteiger partial charge in [0.2, 0.25) is 5.91 Å². The molecular weight excluding hydrogens is 342 g/mol.